The highest BCUT2D eigenvalue weighted by Crippen LogP contribution is 2.26. The summed E-state index contributed by atoms with van der Waals surface area (Å²) in [5.41, 5.74) is 1.29. The Hall–Kier alpha value is -0.410. The summed E-state index contributed by atoms with van der Waals surface area (Å²) in [5.74, 6) is 0. The van der Waals surface area contributed by atoms with E-state index < -0.39 is 0 Å². The third-order valence-corrected chi connectivity index (χ3v) is 4.30. The Labute approximate surface area is 96.2 Å². The van der Waals surface area contributed by atoms with Gasteiger partial charge in [0, 0.05) is 29.7 Å². The average Bonchev–Trinajstić information content (AvgIpc) is 2.79. The number of hydrogen-bond donors (Lipinski definition) is 2. The molecule has 1 aliphatic rings. The van der Waals surface area contributed by atoms with Gasteiger partial charge in [-0.15, -0.1) is 0 Å². The number of aromatic nitrogens is 1. The predicted molar refractivity (Wildman–Crippen MR) is 67.2 cm³/mol. The number of H-pyrrole nitrogens is 1. The number of thioether (sulfide) groups is 1. The van der Waals surface area contributed by atoms with E-state index in [0.717, 1.165) is 17.8 Å². The molecular weight excluding hydrogens is 204 g/mol. The molecule has 0 aromatic carbocycles. The van der Waals surface area contributed by atoms with Crippen molar-refractivity contribution < 1.29 is 0 Å². The maximum atomic E-state index is 3.64. The van der Waals surface area contributed by atoms with Crippen molar-refractivity contribution in [3.05, 3.63) is 24.0 Å². The summed E-state index contributed by atoms with van der Waals surface area (Å²) in [5, 5.41) is 4.52. The third kappa shape index (κ3) is 3.28. The average molecular weight is 224 g/mol. The lowest BCUT2D eigenvalue weighted by Gasteiger charge is -2.28. The van der Waals surface area contributed by atoms with Gasteiger partial charge in [-0.3, -0.25) is 0 Å². The highest BCUT2D eigenvalue weighted by molar-refractivity contribution is 7.99. The molecule has 1 saturated carbocycles. The molecule has 1 aromatic heterocycles. The molecule has 2 nitrogen and oxygen atoms in total. The molecule has 2 rings (SSSR count). The minimum absolute atomic E-state index is 0.722. The monoisotopic (exact) mass is 224 g/mol. The highest BCUT2D eigenvalue weighted by Gasteiger charge is 2.20. The van der Waals surface area contributed by atoms with Crippen LogP contribution in [0.4, 0.5) is 0 Å². The Kier molecular flexibility index (Phi) is 4.15. The van der Waals surface area contributed by atoms with Gasteiger partial charge in [0.25, 0.3) is 0 Å². The van der Waals surface area contributed by atoms with E-state index in [2.05, 4.69) is 28.7 Å². The Morgan fingerprint density at radius 2 is 2.47 bits per heavy atom. The van der Waals surface area contributed by atoms with E-state index in [-0.39, 0.29) is 0 Å². The molecule has 1 aromatic rings. The lowest BCUT2D eigenvalue weighted by atomic mass is 9.95. The molecule has 84 valence electrons. The Morgan fingerprint density at radius 3 is 3.20 bits per heavy atom. The van der Waals surface area contributed by atoms with Gasteiger partial charge in [0.1, 0.15) is 0 Å². The van der Waals surface area contributed by atoms with Gasteiger partial charge < -0.3 is 10.3 Å². The molecule has 0 spiro atoms. The standard InChI is InChI=1S/C12H20N2S/c1-15-12-6-2-4-10(8-12)14-9-11-5-3-7-13-11/h3,5,7,10,12-14H,2,4,6,8-9H2,1H3. The van der Waals surface area contributed by atoms with Gasteiger partial charge in [-0.2, -0.15) is 11.8 Å². The van der Waals surface area contributed by atoms with Crippen LogP contribution in [-0.2, 0) is 6.54 Å². The van der Waals surface area contributed by atoms with Gasteiger partial charge in [0.2, 0.25) is 0 Å². The normalized spacial score (nSPS) is 26.7. The number of nitrogens with one attached hydrogen (secondary N) is 2. The first-order chi connectivity index (χ1) is 7.38. The van der Waals surface area contributed by atoms with Crippen LogP contribution < -0.4 is 5.32 Å². The largest absolute Gasteiger partial charge is 0.364 e. The van der Waals surface area contributed by atoms with Crippen LogP contribution in [0.2, 0.25) is 0 Å². The van der Waals surface area contributed by atoms with E-state index in [1.807, 2.05) is 18.0 Å². The van der Waals surface area contributed by atoms with Crippen molar-refractivity contribution in [1.29, 1.82) is 0 Å². The summed E-state index contributed by atoms with van der Waals surface area (Å²) in [6.07, 6.45) is 9.69. The molecule has 2 N–H and O–H groups in total. The van der Waals surface area contributed by atoms with E-state index in [9.17, 15) is 0 Å². The van der Waals surface area contributed by atoms with Crippen LogP contribution in [-0.4, -0.2) is 22.5 Å². The predicted octanol–water partition coefficient (Wildman–Crippen LogP) is 2.78. The molecule has 15 heavy (non-hydrogen) atoms. The highest BCUT2D eigenvalue weighted by atomic mass is 32.2. The van der Waals surface area contributed by atoms with Crippen molar-refractivity contribution in [2.24, 2.45) is 0 Å². The van der Waals surface area contributed by atoms with E-state index in [4.69, 9.17) is 0 Å². The first-order valence-corrected chi connectivity index (χ1v) is 7.05. The van der Waals surface area contributed by atoms with Gasteiger partial charge in [-0.25, -0.2) is 0 Å². The molecule has 1 fully saturated rings. The lowest BCUT2D eigenvalue weighted by Crippen LogP contribution is -2.34. The van der Waals surface area contributed by atoms with Crippen LogP contribution in [0, 0.1) is 0 Å². The molecule has 0 aliphatic heterocycles. The fraction of sp³-hybridized carbons (Fsp3) is 0.667. The van der Waals surface area contributed by atoms with Gasteiger partial charge in [0.05, 0.1) is 0 Å². The third-order valence-electron chi connectivity index (χ3n) is 3.20. The van der Waals surface area contributed by atoms with Gasteiger partial charge in [0.15, 0.2) is 0 Å². The van der Waals surface area contributed by atoms with E-state index >= 15 is 0 Å². The summed E-state index contributed by atoms with van der Waals surface area (Å²) in [6, 6.07) is 4.92. The van der Waals surface area contributed by atoms with Crippen LogP contribution in [0.15, 0.2) is 18.3 Å². The molecule has 0 bridgehead atoms. The molecular formula is C12H20N2S. The van der Waals surface area contributed by atoms with Crippen LogP contribution in [0.5, 0.6) is 0 Å². The lowest BCUT2D eigenvalue weighted by molar-refractivity contribution is 0.378. The smallest absolute Gasteiger partial charge is 0.0359 e. The van der Waals surface area contributed by atoms with Crippen molar-refractivity contribution in [2.75, 3.05) is 6.26 Å². The van der Waals surface area contributed by atoms with Gasteiger partial charge >= 0.3 is 0 Å². The van der Waals surface area contributed by atoms with Crippen molar-refractivity contribution in [1.82, 2.24) is 10.3 Å². The molecule has 1 heterocycles. The quantitative estimate of drug-likeness (QED) is 0.823. The Balaban J connectivity index is 1.74. The summed E-state index contributed by atoms with van der Waals surface area (Å²) < 4.78 is 0. The zero-order valence-electron chi connectivity index (χ0n) is 9.33. The number of aromatic amines is 1. The fourth-order valence-corrected chi connectivity index (χ4v) is 3.10. The zero-order valence-corrected chi connectivity index (χ0v) is 10.1. The summed E-state index contributed by atoms with van der Waals surface area (Å²) in [7, 11) is 0. The second-order valence-corrected chi connectivity index (χ2v) is 5.44. The van der Waals surface area contributed by atoms with E-state index in [1.54, 1.807) is 0 Å². The molecule has 0 radical (unpaired) electrons. The Morgan fingerprint density at radius 1 is 1.53 bits per heavy atom. The maximum absolute atomic E-state index is 3.64. The molecule has 2 unspecified atom stereocenters. The van der Waals surface area contributed by atoms with Crippen LogP contribution >= 0.6 is 11.8 Å². The maximum Gasteiger partial charge on any atom is 0.0359 e. The topological polar surface area (TPSA) is 27.8 Å². The molecule has 1 aliphatic carbocycles. The van der Waals surface area contributed by atoms with Crippen molar-refractivity contribution in [3.63, 3.8) is 0 Å². The second kappa shape index (κ2) is 5.61. The van der Waals surface area contributed by atoms with Crippen LogP contribution in [0.1, 0.15) is 31.4 Å². The zero-order chi connectivity index (χ0) is 10.5. The van der Waals surface area contributed by atoms with E-state index in [0.29, 0.717) is 0 Å². The molecule has 2 atom stereocenters. The first-order valence-electron chi connectivity index (χ1n) is 5.77. The van der Waals surface area contributed by atoms with E-state index in [1.165, 1.54) is 31.4 Å². The summed E-state index contributed by atoms with van der Waals surface area (Å²) in [6.45, 7) is 0.985. The molecule has 3 heteroatoms. The number of hydrogen-bond acceptors (Lipinski definition) is 2. The summed E-state index contributed by atoms with van der Waals surface area (Å²) >= 11 is 2.03. The summed E-state index contributed by atoms with van der Waals surface area (Å²) in [4.78, 5) is 3.23. The van der Waals surface area contributed by atoms with Crippen LogP contribution in [0.25, 0.3) is 0 Å². The van der Waals surface area contributed by atoms with Crippen molar-refractivity contribution in [3.8, 4) is 0 Å². The second-order valence-electron chi connectivity index (χ2n) is 4.30. The minimum atomic E-state index is 0.722. The Bertz CT molecular complexity index is 271. The van der Waals surface area contributed by atoms with Crippen LogP contribution in [0.3, 0.4) is 0 Å². The van der Waals surface area contributed by atoms with Gasteiger partial charge in [-0.05, 0) is 37.7 Å². The van der Waals surface area contributed by atoms with Gasteiger partial charge in [-0.1, -0.05) is 6.42 Å². The van der Waals surface area contributed by atoms with Crippen molar-refractivity contribution >= 4 is 11.8 Å². The minimum Gasteiger partial charge on any atom is -0.364 e. The van der Waals surface area contributed by atoms with Crippen molar-refractivity contribution in [2.45, 2.75) is 43.5 Å². The molecule has 0 amide bonds. The molecule has 0 saturated heterocycles. The first kappa shape index (κ1) is 11.1. The number of rotatable bonds is 4. The fourth-order valence-electron chi connectivity index (χ4n) is 2.28. The SMILES string of the molecule is CSC1CCCC(NCc2ccc[nH]2)C1.